The lowest BCUT2D eigenvalue weighted by molar-refractivity contribution is -0.0481. The molecule has 2 heterocycles. The molecule has 3 rings (SSSR count). The molecule has 20 heavy (non-hydrogen) atoms. The van der Waals surface area contributed by atoms with Gasteiger partial charge in [-0.2, -0.15) is 0 Å². The summed E-state index contributed by atoms with van der Waals surface area (Å²) in [5.74, 6) is 0.906. The first-order valence-corrected chi connectivity index (χ1v) is 8.36. The normalized spacial score (nSPS) is 39.9. The van der Waals surface area contributed by atoms with Crippen LogP contribution in [0.3, 0.4) is 0 Å². The average Bonchev–Trinajstić information content (AvgIpc) is 2.86. The molecule has 0 spiro atoms. The van der Waals surface area contributed by atoms with E-state index in [0.717, 1.165) is 32.2 Å². The Labute approximate surface area is 123 Å². The number of hydrogen-bond acceptors (Lipinski definition) is 4. The van der Waals surface area contributed by atoms with Crippen molar-refractivity contribution in [1.82, 2.24) is 10.2 Å². The van der Waals surface area contributed by atoms with Crippen molar-refractivity contribution >= 4 is 0 Å². The summed E-state index contributed by atoms with van der Waals surface area (Å²) in [4.78, 5) is 2.55. The average molecular weight is 282 g/mol. The third-order valence-corrected chi connectivity index (χ3v) is 5.42. The van der Waals surface area contributed by atoms with E-state index in [2.05, 4.69) is 17.1 Å². The standard InChI is InChI=1S/C16H30N2O2/c1-12-3-5-15(6-4-12)20-11-13-7-14(8-17-13)18-9-16(10-18)19-2/h12-17H,3-11H2,1-2H3/t12?,13?,14-,15?/m0/s1. The predicted molar refractivity (Wildman–Crippen MR) is 79.9 cm³/mol. The van der Waals surface area contributed by atoms with Crippen molar-refractivity contribution in [1.29, 1.82) is 0 Å². The second-order valence-corrected chi connectivity index (χ2v) is 7.02. The van der Waals surface area contributed by atoms with E-state index in [9.17, 15) is 0 Å². The molecule has 2 saturated heterocycles. The minimum atomic E-state index is 0.467. The van der Waals surface area contributed by atoms with Gasteiger partial charge in [0.25, 0.3) is 0 Å². The summed E-state index contributed by atoms with van der Waals surface area (Å²) in [5.41, 5.74) is 0. The van der Waals surface area contributed by atoms with Crippen LogP contribution >= 0.6 is 0 Å². The maximum absolute atomic E-state index is 6.13. The molecular weight excluding hydrogens is 252 g/mol. The number of ether oxygens (including phenoxy) is 2. The third kappa shape index (κ3) is 3.53. The smallest absolute Gasteiger partial charge is 0.0825 e. The van der Waals surface area contributed by atoms with Crippen molar-refractivity contribution in [2.75, 3.05) is 33.4 Å². The Balaban J connectivity index is 1.32. The molecule has 2 atom stereocenters. The van der Waals surface area contributed by atoms with E-state index in [-0.39, 0.29) is 0 Å². The van der Waals surface area contributed by atoms with Crippen LogP contribution in [-0.4, -0.2) is 62.5 Å². The van der Waals surface area contributed by atoms with E-state index in [1.165, 1.54) is 32.1 Å². The van der Waals surface area contributed by atoms with E-state index in [4.69, 9.17) is 9.47 Å². The highest BCUT2D eigenvalue weighted by Crippen LogP contribution is 2.26. The molecule has 116 valence electrons. The molecule has 0 bridgehead atoms. The van der Waals surface area contributed by atoms with Gasteiger partial charge >= 0.3 is 0 Å². The van der Waals surface area contributed by atoms with Crippen LogP contribution in [0.15, 0.2) is 0 Å². The molecule has 2 aliphatic heterocycles. The number of nitrogens with zero attached hydrogens (tertiary/aromatic N) is 1. The molecule has 0 amide bonds. The van der Waals surface area contributed by atoms with Crippen molar-refractivity contribution in [3.05, 3.63) is 0 Å². The minimum absolute atomic E-state index is 0.467. The van der Waals surface area contributed by atoms with Crippen molar-refractivity contribution in [2.24, 2.45) is 5.92 Å². The minimum Gasteiger partial charge on any atom is -0.379 e. The lowest BCUT2D eigenvalue weighted by atomic mass is 9.89. The van der Waals surface area contributed by atoms with E-state index >= 15 is 0 Å². The van der Waals surface area contributed by atoms with Crippen molar-refractivity contribution in [3.8, 4) is 0 Å². The zero-order valence-corrected chi connectivity index (χ0v) is 13.0. The number of methoxy groups -OCH3 is 1. The molecule has 1 aliphatic carbocycles. The SMILES string of the molecule is COC1CN([C@@H]2CNC(COC3CCC(C)CC3)C2)C1. The highest BCUT2D eigenvalue weighted by Gasteiger charge is 2.36. The summed E-state index contributed by atoms with van der Waals surface area (Å²) in [7, 11) is 1.82. The fraction of sp³-hybridized carbons (Fsp3) is 1.00. The largest absolute Gasteiger partial charge is 0.379 e. The Morgan fingerprint density at radius 3 is 2.55 bits per heavy atom. The predicted octanol–water partition coefficient (Wildman–Crippen LogP) is 1.64. The van der Waals surface area contributed by atoms with E-state index in [1.807, 2.05) is 7.11 Å². The summed E-state index contributed by atoms with van der Waals surface area (Å²) >= 11 is 0. The maximum atomic E-state index is 6.13. The van der Waals surface area contributed by atoms with Gasteiger partial charge in [0.15, 0.2) is 0 Å². The van der Waals surface area contributed by atoms with Gasteiger partial charge in [-0.05, 0) is 38.0 Å². The Kier molecular flexibility index (Phi) is 4.97. The molecule has 0 aromatic carbocycles. The second kappa shape index (κ2) is 6.73. The van der Waals surface area contributed by atoms with Gasteiger partial charge in [0.2, 0.25) is 0 Å². The van der Waals surface area contributed by atoms with Gasteiger partial charge in [0, 0.05) is 38.8 Å². The zero-order valence-electron chi connectivity index (χ0n) is 13.0. The summed E-state index contributed by atoms with van der Waals surface area (Å²) in [5, 5.41) is 3.63. The molecule has 0 aromatic rings. The molecule has 0 aromatic heterocycles. The van der Waals surface area contributed by atoms with Crippen LogP contribution in [0.1, 0.15) is 39.0 Å². The van der Waals surface area contributed by atoms with Gasteiger partial charge in [-0.25, -0.2) is 0 Å². The third-order valence-electron chi connectivity index (χ3n) is 5.42. The fourth-order valence-electron chi connectivity index (χ4n) is 3.77. The maximum Gasteiger partial charge on any atom is 0.0825 e. The van der Waals surface area contributed by atoms with Crippen LogP contribution in [0.4, 0.5) is 0 Å². The summed E-state index contributed by atoms with van der Waals surface area (Å²) in [6.45, 7) is 6.59. The van der Waals surface area contributed by atoms with Crippen molar-refractivity contribution in [2.45, 2.75) is 63.3 Å². The van der Waals surface area contributed by atoms with Crippen LogP contribution in [0, 0.1) is 5.92 Å². The van der Waals surface area contributed by atoms with Crippen LogP contribution in [0.2, 0.25) is 0 Å². The number of hydrogen-bond donors (Lipinski definition) is 1. The van der Waals surface area contributed by atoms with Gasteiger partial charge < -0.3 is 14.8 Å². The molecule has 0 radical (unpaired) electrons. The van der Waals surface area contributed by atoms with E-state index < -0.39 is 0 Å². The first kappa shape index (κ1) is 14.8. The Morgan fingerprint density at radius 2 is 1.85 bits per heavy atom. The summed E-state index contributed by atoms with van der Waals surface area (Å²) in [6, 6.07) is 1.25. The van der Waals surface area contributed by atoms with Gasteiger partial charge in [-0.3, -0.25) is 4.90 Å². The van der Waals surface area contributed by atoms with Crippen LogP contribution in [-0.2, 0) is 9.47 Å². The van der Waals surface area contributed by atoms with Crippen LogP contribution in [0.5, 0.6) is 0 Å². The lowest BCUT2D eigenvalue weighted by Gasteiger charge is -2.42. The topological polar surface area (TPSA) is 33.7 Å². The van der Waals surface area contributed by atoms with Gasteiger partial charge in [-0.15, -0.1) is 0 Å². The van der Waals surface area contributed by atoms with Crippen molar-refractivity contribution in [3.63, 3.8) is 0 Å². The first-order valence-electron chi connectivity index (χ1n) is 8.36. The highest BCUT2D eigenvalue weighted by molar-refractivity contribution is 4.94. The van der Waals surface area contributed by atoms with Gasteiger partial charge in [0.1, 0.15) is 0 Å². The van der Waals surface area contributed by atoms with Crippen LogP contribution < -0.4 is 5.32 Å². The number of nitrogens with one attached hydrogen (secondary N) is 1. The Morgan fingerprint density at radius 1 is 1.10 bits per heavy atom. The molecule has 4 nitrogen and oxygen atoms in total. The molecular formula is C16H30N2O2. The Bertz CT molecular complexity index is 299. The quantitative estimate of drug-likeness (QED) is 0.831. The number of likely N-dealkylation sites (tertiary alicyclic amines) is 1. The van der Waals surface area contributed by atoms with Crippen LogP contribution in [0.25, 0.3) is 0 Å². The second-order valence-electron chi connectivity index (χ2n) is 7.02. The van der Waals surface area contributed by atoms with E-state index in [1.54, 1.807) is 0 Å². The van der Waals surface area contributed by atoms with Crippen molar-refractivity contribution < 1.29 is 9.47 Å². The molecule has 3 aliphatic rings. The summed E-state index contributed by atoms with van der Waals surface area (Å²) < 4.78 is 11.5. The molecule has 4 heteroatoms. The van der Waals surface area contributed by atoms with Gasteiger partial charge in [-0.1, -0.05) is 6.92 Å². The lowest BCUT2D eigenvalue weighted by Crippen LogP contribution is -2.56. The molecule has 1 N–H and O–H groups in total. The fourth-order valence-corrected chi connectivity index (χ4v) is 3.77. The summed E-state index contributed by atoms with van der Waals surface area (Å²) in [6.07, 6.45) is 7.44. The molecule has 1 unspecified atom stereocenters. The molecule has 1 saturated carbocycles. The first-order chi connectivity index (χ1) is 9.74. The van der Waals surface area contributed by atoms with Gasteiger partial charge in [0.05, 0.1) is 18.8 Å². The number of rotatable bonds is 5. The Hall–Kier alpha value is -0.160. The van der Waals surface area contributed by atoms with E-state index in [0.29, 0.717) is 24.3 Å². The zero-order chi connectivity index (χ0) is 13.9. The monoisotopic (exact) mass is 282 g/mol. The molecule has 3 fully saturated rings. The highest BCUT2D eigenvalue weighted by atomic mass is 16.5.